The van der Waals surface area contributed by atoms with Gasteiger partial charge in [0.05, 0.1) is 17.6 Å². The molecule has 0 radical (unpaired) electrons. The number of amides is 1. The zero-order valence-electron chi connectivity index (χ0n) is 14.3. The summed E-state index contributed by atoms with van der Waals surface area (Å²) in [5.41, 5.74) is 6.42. The van der Waals surface area contributed by atoms with Crippen molar-refractivity contribution in [1.82, 2.24) is 9.97 Å². The van der Waals surface area contributed by atoms with Gasteiger partial charge in [0.1, 0.15) is 10.8 Å². The number of halogens is 2. The van der Waals surface area contributed by atoms with Gasteiger partial charge in [0.2, 0.25) is 11.9 Å². The lowest BCUT2D eigenvalue weighted by atomic mass is 10.2. The van der Waals surface area contributed by atoms with Crippen LogP contribution in [-0.4, -0.2) is 29.1 Å². The van der Waals surface area contributed by atoms with E-state index in [0.29, 0.717) is 11.4 Å². The Balaban J connectivity index is 2.26. The van der Waals surface area contributed by atoms with E-state index in [1.165, 1.54) is 36.8 Å². The number of hydrogen-bond acceptors (Lipinski definition) is 7. The molecule has 1 heterocycles. The molecule has 0 bridgehead atoms. The van der Waals surface area contributed by atoms with E-state index in [4.69, 9.17) is 17.3 Å². The minimum absolute atomic E-state index is 0.0130. The van der Waals surface area contributed by atoms with Crippen molar-refractivity contribution in [3.05, 3.63) is 59.8 Å². The van der Waals surface area contributed by atoms with E-state index >= 15 is 0 Å². The van der Waals surface area contributed by atoms with E-state index in [2.05, 4.69) is 37.5 Å². The fraction of sp³-hybridized carbons (Fsp3) is 0.0588. The quantitative estimate of drug-likeness (QED) is 0.427. The number of aliphatic imine (C=N–C) groups is 1. The molecule has 2 rings (SSSR count). The second-order valence-corrected chi connectivity index (χ2v) is 5.44. The summed E-state index contributed by atoms with van der Waals surface area (Å²) in [5.74, 6) is -0.632. The van der Waals surface area contributed by atoms with E-state index < -0.39 is 11.7 Å². The molecular formula is C17H17ClFN7O. The van der Waals surface area contributed by atoms with Crippen LogP contribution in [-0.2, 0) is 4.79 Å². The Hall–Kier alpha value is -3.46. The first-order valence-corrected chi connectivity index (χ1v) is 7.98. The molecule has 0 aliphatic rings. The molecule has 0 aliphatic heterocycles. The van der Waals surface area contributed by atoms with Crippen molar-refractivity contribution < 1.29 is 9.18 Å². The molecular weight excluding hydrogens is 373 g/mol. The number of nitrogens with zero attached hydrogens (tertiary/aromatic N) is 3. The number of anilines is 4. The van der Waals surface area contributed by atoms with Crippen molar-refractivity contribution in [2.24, 2.45) is 10.7 Å². The standard InChI is InChI=1S/C17H17ClFN7O/c1-3-15(27)25-14-6-10(4-5-13(14)19)23-16-12(18)9-22-17(26-16)24-11(7-20)8-21-2/h3-9H,1,20H2,2H3,(H,25,27)(H2,22,23,24,26). The summed E-state index contributed by atoms with van der Waals surface area (Å²) in [6.07, 6.45) is 5.24. The van der Waals surface area contributed by atoms with Gasteiger partial charge >= 0.3 is 0 Å². The van der Waals surface area contributed by atoms with Crippen LogP contribution in [0.4, 0.5) is 27.5 Å². The Morgan fingerprint density at radius 2 is 2.19 bits per heavy atom. The van der Waals surface area contributed by atoms with Gasteiger partial charge in [-0.1, -0.05) is 18.2 Å². The predicted octanol–water partition coefficient (Wildman–Crippen LogP) is 3.05. The van der Waals surface area contributed by atoms with Gasteiger partial charge in [0.15, 0.2) is 5.82 Å². The Bertz CT molecular complexity index is 914. The highest BCUT2D eigenvalue weighted by Crippen LogP contribution is 2.26. The lowest BCUT2D eigenvalue weighted by Crippen LogP contribution is -2.10. The first kappa shape index (κ1) is 19.9. The zero-order chi connectivity index (χ0) is 19.8. The molecule has 10 heteroatoms. The lowest BCUT2D eigenvalue weighted by Gasteiger charge is -2.12. The molecule has 27 heavy (non-hydrogen) atoms. The van der Waals surface area contributed by atoms with Gasteiger partial charge in [-0.2, -0.15) is 4.98 Å². The van der Waals surface area contributed by atoms with E-state index in [0.717, 1.165) is 6.08 Å². The highest BCUT2D eigenvalue weighted by molar-refractivity contribution is 6.32. The van der Waals surface area contributed by atoms with Gasteiger partial charge in [0, 0.05) is 25.1 Å². The zero-order valence-corrected chi connectivity index (χ0v) is 15.1. The molecule has 8 nitrogen and oxygen atoms in total. The van der Waals surface area contributed by atoms with Gasteiger partial charge in [-0.3, -0.25) is 9.79 Å². The van der Waals surface area contributed by atoms with Gasteiger partial charge in [-0.15, -0.1) is 0 Å². The molecule has 0 unspecified atom stereocenters. The molecule has 1 aromatic heterocycles. The van der Waals surface area contributed by atoms with E-state index in [-0.39, 0.29) is 22.5 Å². The van der Waals surface area contributed by atoms with E-state index in [1.807, 2.05) is 0 Å². The molecule has 0 saturated heterocycles. The van der Waals surface area contributed by atoms with Crippen LogP contribution in [0.2, 0.25) is 5.02 Å². The van der Waals surface area contributed by atoms with E-state index in [9.17, 15) is 9.18 Å². The number of nitrogens with one attached hydrogen (secondary N) is 3. The number of aromatic nitrogens is 2. The average Bonchev–Trinajstić information content (AvgIpc) is 2.66. The summed E-state index contributed by atoms with van der Waals surface area (Å²) < 4.78 is 13.8. The van der Waals surface area contributed by atoms with Crippen LogP contribution >= 0.6 is 11.6 Å². The van der Waals surface area contributed by atoms with E-state index in [1.54, 1.807) is 7.05 Å². The second-order valence-electron chi connectivity index (χ2n) is 5.04. The summed E-state index contributed by atoms with van der Waals surface area (Å²) >= 11 is 6.12. The van der Waals surface area contributed by atoms with Crippen LogP contribution in [0.1, 0.15) is 0 Å². The van der Waals surface area contributed by atoms with Crippen LogP contribution in [0, 0.1) is 5.82 Å². The van der Waals surface area contributed by atoms with Gasteiger partial charge in [-0.05, 0) is 24.3 Å². The maximum absolute atomic E-state index is 13.8. The summed E-state index contributed by atoms with van der Waals surface area (Å²) in [4.78, 5) is 23.5. The summed E-state index contributed by atoms with van der Waals surface area (Å²) in [7, 11) is 1.60. The largest absolute Gasteiger partial charge is 0.403 e. The second kappa shape index (κ2) is 9.30. The lowest BCUT2D eigenvalue weighted by molar-refractivity contribution is -0.111. The van der Waals surface area contributed by atoms with Gasteiger partial charge in [0.25, 0.3) is 0 Å². The Kier molecular flexibility index (Phi) is 6.84. The molecule has 0 fully saturated rings. The summed E-state index contributed by atoms with van der Waals surface area (Å²) in [5, 5.41) is 8.43. The molecule has 0 aliphatic carbocycles. The topological polar surface area (TPSA) is 117 Å². The number of carbonyl (C=O) groups is 1. The molecule has 0 saturated carbocycles. The molecule has 1 aromatic carbocycles. The Morgan fingerprint density at radius 1 is 1.41 bits per heavy atom. The van der Waals surface area contributed by atoms with Crippen molar-refractivity contribution in [3.63, 3.8) is 0 Å². The fourth-order valence-corrected chi connectivity index (χ4v) is 2.06. The maximum atomic E-state index is 13.8. The maximum Gasteiger partial charge on any atom is 0.247 e. The van der Waals surface area contributed by atoms with Crippen LogP contribution < -0.4 is 21.7 Å². The number of benzene rings is 1. The minimum atomic E-state index is -0.594. The SMILES string of the molecule is C=CC(=O)Nc1cc(Nc2nc(NC(C=NC)=CN)ncc2Cl)ccc1F. The van der Waals surface area contributed by atoms with Crippen molar-refractivity contribution in [2.75, 3.05) is 23.0 Å². The van der Waals surface area contributed by atoms with Crippen LogP contribution in [0.25, 0.3) is 0 Å². The molecule has 0 spiro atoms. The third kappa shape index (κ3) is 5.51. The molecule has 1 amide bonds. The minimum Gasteiger partial charge on any atom is -0.403 e. The molecule has 140 valence electrons. The third-order valence-electron chi connectivity index (χ3n) is 3.12. The van der Waals surface area contributed by atoms with Gasteiger partial charge < -0.3 is 21.7 Å². The van der Waals surface area contributed by atoms with Crippen molar-refractivity contribution >= 4 is 46.9 Å². The Morgan fingerprint density at radius 3 is 2.85 bits per heavy atom. The normalized spacial score (nSPS) is 11.3. The fourth-order valence-electron chi connectivity index (χ4n) is 1.92. The van der Waals surface area contributed by atoms with Crippen LogP contribution in [0.5, 0.6) is 0 Å². The number of allylic oxidation sites excluding steroid dienone is 1. The highest BCUT2D eigenvalue weighted by atomic mass is 35.5. The number of rotatable bonds is 7. The average molecular weight is 390 g/mol. The Labute approximate surface area is 160 Å². The number of carbonyl (C=O) groups excluding carboxylic acids is 1. The van der Waals surface area contributed by atoms with Crippen molar-refractivity contribution in [1.29, 1.82) is 0 Å². The van der Waals surface area contributed by atoms with Gasteiger partial charge in [-0.25, -0.2) is 9.37 Å². The smallest absolute Gasteiger partial charge is 0.247 e. The third-order valence-corrected chi connectivity index (χ3v) is 3.40. The summed E-state index contributed by atoms with van der Waals surface area (Å²) in [6, 6.07) is 4.07. The molecule has 5 N–H and O–H groups in total. The molecule has 0 atom stereocenters. The first-order valence-electron chi connectivity index (χ1n) is 7.60. The van der Waals surface area contributed by atoms with Crippen molar-refractivity contribution in [3.8, 4) is 0 Å². The summed E-state index contributed by atoms with van der Waals surface area (Å²) in [6.45, 7) is 3.33. The predicted molar refractivity (Wildman–Crippen MR) is 106 cm³/mol. The van der Waals surface area contributed by atoms with Crippen molar-refractivity contribution in [2.45, 2.75) is 0 Å². The number of nitrogens with two attached hydrogens (primary N) is 1. The van der Waals surface area contributed by atoms with Crippen LogP contribution in [0.3, 0.4) is 0 Å². The molecule has 2 aromatic rings. The number of hydrogen-bond donors (Lipinski definition) is 4. The monoisotopic (exact) mass is 389 g/mol. The highest BCUT2D eigenvalue weighted by Gasteiger charge is 2.10. The van der Waals surface area contributed by atoms with Crippen LogP contribution in [0.15, 0.2) is 53.9 Å². The first-order chi connectivity index (χ1) is 13.0.